The number of halogens is 8. The number of nitrogens with zero attached hydrogens (tertiary/aromatic N) is 3. The van der Waals surface area contributed by atoms with Crippen LogP contribution in [0.5, 0.6) is 0 Å². The molecule has 0 atom stereocenters. The van der Waals surface area contributed by atoms with E-state index in [4.69, 9.17) is 5.11 Å². The molecule has 27 heavy (non-hydrogen) atoms. The summed E-state index contributed by atoms with van der Waals surface area (Å²) in [4.78, 5) is 10.7. The molecule has 0 fully saturated rings. The molecule has 0 aliphatic heterocycles. The van der Waals surface area contributed by atoms with Gasteiger partial charge in [-0.3, -0.25) is 5.01 Å². The first-order chi connectivity index (χ1) is 11.8. The normalized spacial score (nSPS) is 16.0. The smallest absolute Gasteiger partial charge is 0.416 e. The lowest BCUT2D eigenvalue weighted by Crippen LogP contribution is -2.14. The van der Waals surface area contributed by atoms with Crippen molar-refractivity contribution < 1.29 is 42.5 Å². The minimum Gasteiger partial charge on any atom is -0.478 e. The zero-order valence-corrected chi connectivity index (χ0v) is 14.0. The molecule has 14 heteroatoms. The number of aliphatic imine (C=N–C) groups is 1. The van der Waals surface area contributed by atoms with E-state index in [9.17, 15) is 37.4 Å². The number of benzene rings is 1. The Morgan fingerprint density at radius 2 is 1.74 bits per heavy atom. The lowest BCUT2D eigenvalue weighted by molar-refractivity contribution is -0.137. The van der Waals surface area contributed by atoms with Gasteiger partial charge >= 0.3 is 22.4 Å². The van der Waals surface area contributed by atoms with Crippen molar-refractivity contribution in [2.24, 2.45) is 10.1 Å². The molecule has 1 aromatic carbocycles. The quantitative estimate of drug-likeness (QED) is 0.230. The van der Waals surface area contributed by atoms with Gasteiger partial charge in [-0.1, -0.05) is 19.4 Å². The van der Waals surface area contributed by atoms with Crippen LogP contribution < -0.4 is 0 Å². The van der Waals surface area contributed by atoms with Gasteiger partial charge in [0.1, 0.15) is 4.90 Å². The molecular weight excluding hydrogens is 414 g/mol. The molecule has 0 unspecified atom stereocenters. The molecule has 0 bridgehead atoms. The average Bonchev–Trinajstić information content (AvgIpc) is 2.47. The van der Waals surface area contributed by atoms with E-state index < -0.39 is 50.3 Å². The third-order valence-electron chi connectivity index (χ3n) is 2.77. The first-order valence-corrected chi connectivity index (χ1v) is 8.44. The molecule has 0 heterocycles. The standard InChI is InChI=1S/C13H11F8N3O2S/c1-22-12(23-24(2)4-3-11(25)26)8-5-9(13(14,15)16)7-10(6-8)27(17,18,19,20)21/h3-7H,1H2,2H3,(H,25,26)/b4-3-,23-12-. The van der Waals surface area contributed by atoms with Gasteiger partial charge in [-0.15, -0.1) is 0 Å². The van der Waals surface area contributed by atoms with Crippen molar-refractivity contribution in [2.45, 2.75) is 11.1 Å². The van der Waals surface area contributed by atoms with Crippen LogP contribution in [0.15, 0.2) is 45.5 Å². The lowest BCUT2D eigenvalue weighted by Gasteiger charge is -2.41. The van der Waals surface area contributed by atoms with Gasteiger partial charge in [-0.2, -0.15) is 18.3 Å². The van der Waals surface area contributed by atoms with Crippen molar-refractivity contribution in [3.05, 3.63) is 41.6 Å². The second kappa shape index (κ2) is 6.21. The number of hydrogen-bond donors (Lipinski definition) is 1. The molecule has 1 N–H and O–H groups in total. The van der Waals surface area contributed by atoms with E-state index in [1.165, 1.54) is 0 Å². The first-order valence-electron chi connectivity index (χ1n) is 6.49. The fourth-order valence-corrected chi connectivity index (χ4v) is 2.35. The summed E-state index contributed by atoms with van der Waals surface area (Å²) in [5.41, 5.74) is -3.04. The molecule has 1 rings (SSSR count). The number of carbonyl (C=O) groups is 1. The molecule has 0 aliphatic carbocycles. The lowest BCUT2D eigenvalue weighted by atomic mass is 10.1. The van der Waals surface area contributed by atoms with Crippen LogP contribution in [0.25, 0.3) is 0 Å². The summed E-state index contributed by atoms with van der Waals surface area (Å²) >= 11 is 0. The summed E-state index contributed by atoms with van der Waals surface area (Å²) in [6.45, 7) is 2.92. The van der Waals surface area contributed by atoms with Crippen molar-refractivity contribution in [3.8, 4) is 0 Å². The van der Waals surface area contributed by atoms with Crippen LogP contribution in [-0.2, 0) is 11.0 Å². The molecule has 5 nitrogen and oxygen atoms in total. The topological polar surface area (TPSA) is 65.3 Å². The van der Waals surface area contributed by atoms with Crippen molar-refractivity contribution >= 4 is 28.7 Å². The summed E-state index contributed by atoms with van der Waals surface area (Å²) in [5, 5.41) is 12.6. The summed E-state index contributed by atoms with van der Waals surface area (Å²) in [5.74, 6) is -2.30. The minimum absolute atomic E-state index is 0.134. The number of carboxylic acid groups (broad SMARTS) is 1. The number of amidine groups is 1. The Bertz CT molecular complexity index is 831. The molecular formula is C13H11F8N3O2S. The largest absolute Gasteiger partial charge is 0.478 e. The zero-order chi connectivity index (χ0) is 21.3. The van der Waals surface area contributed by atoms with E-state index in [2.05, 4.69) is 16.8 Å². The van der Waals surface area contributed by atoms with Crippen LogP contribution in [0.1, 0.15) is 11.1 Å². The predicted molar refractivity (Wildman–Crippen MR) is 83.5 cm³/mol. The van der Waals surface area contributed by atoms with E-state index in [-0.39, 0.29) is 12.1 Å². The van der Waals surface area contributed by atoms with Crippen LogP contribution >= 0.6 is 10.2 Å². The van der Waals surface area contributed by atoms with E-state index in [1.807, 2.05) is 0 Å². The first kappa shape index (κ1) is 22.4. The van der Waals surface area contributed by atoms with Crippen LogP contribution in [0.2, 0.25) is 0 Å². The Balaban J connectivity index is 3.67. The number of aliphatic carboxylic acids is 1. The molecule has 0 saturated heterocycles. The summed E-state index contributed by atoms with van der Waals surface area (Å²) < 4.78 is 104. The highest BCUT2D eigenvalue weighted by Gasteiger charge is 2.66. The number of hydrazone groups is 1. The Labute approximate surface area is 147 Å². The maximum absolute atomic E-state index is 13.0. The highest BCUT2D eigenvalue weighted by Crippen LogP contribution is 3.02. The number of hydrogen-bond acceptors (Lipinski definition) is 3. The van der Waals surface area contributed by atoms with Gasteiger partial charge in [-0.05, 0) is 24.9 Å². The van der Waals surface area contributed by atoms with Crippen molar-refractivity contribution in [1.29, 1.82) is 0 Å². The summed E-state index contributed by atoms with van der Waals surface area (Å²) in [6, 6.07) is -0.811. The van der Waals surface area contributed by atoms with Crippen LogP contribution in [0.3, 0.4) is 0 Å². The van der Waals surface area contributed by atoms with Crippen molar-refractivity contribution in [1.82, 2.24) is 5.01 Å². The molecule has 0 aromatic heterocycles. The van der Waals surface area contributed by atoms with E-state index in [0.29, 0.717) is 11.1 Å². The number of carboxylic acids is 1. The zero-order valence-electron chi connectivity index (χ0n) is 13.2. The van der Waals surface area contributed by atoms with E-state index in [0.717, 1.165) is 13.2 Å². The molecule has 1 aromatic rings. The third-order valence-corrected chi connectivity index (χ3v) is 3.90. The Kier molecular flexibility index (Phi) is 5.15. The molecule has 0 aliphatic rings. The van der Waals surface area contributed by atoms with Gasteiger partial charge in [0, 0.05) is 24.9 Å². The SMILES string of the molecule is C=N/C(=N\N(C)/C=C\C(=O)O)c1cc(C(F)(F)F)cc(S(F)(F)(F)(F)F)c1. The highest BCUT2D eigenvalue weighted by molar-refractivity contribution is 8.45. The molecule has 0 amide bonds. The third kappa shape index (κ3) is 6.54. The van der Waals surface area contributed by atoms with Gasteiger partial charge in [0.25, 0.3) is 0 Å². The highest BCUT2D eigenvalue weighted by atomic mass is 32.5. The van der Waals surface area contributed by atoms with Crippen LogP contribution in [0.4, 0.5) is 32.6 Å². The fourth-order valence-electron chi connectivity index (χ4n) is 1.65. The van der Waals surface area contributed by atoms with Gasteiger partial charge in [-0.25, -0.2) is 9.79 Å². The Morgan fingerprint density at radius 3 is 2.15 bits per heavy atom. The maximum atomic E-state index is 13.0. The van der Waals surface area contributed by atoms with E-state index in [1.54, 1.807) is 0 Å². The molecule has 0 radical (unpaired) electrons. The second-order valence-corrected chi connectivity index (χ2v) is 7.43. The number of rotatable bonds is 5. The summed E-state index contributed by atoms with van der Waals surface area (Å²) in [6.07, 6.45) is -4.03. The average molecular weight is 425 g/mol. The minimum atomic E-state index is -10.4. The maximum Gasteiger partial charge on any atom is 0.416 e. The molecule has 0 spiro atoms. The van der Waals surface area contributed by atoms with E-state index >= 15 is 0 Å². The van der Waals surface area contributed by atoms with Crippen LogP contribution in [-0.4, -0.2) is 35.7 Å². The van der Waals surface area contributed by atoms with Gasteiger partial charge in [0.05, 0.1) is 5.56 Å². The van der Waals surface area contributed by atoms with Gasteiger partial charge in [0.15, 0.2) is 5.84 Å². The fraction of sp³-hybridized carbons (Fsp3) is 0.154. The van der Waals surface area contributed by atoms with Crippen LogP contribution in [0, 0.1) is 0 Å². The second-order valence-electron chi connectivity index (χ2n) is 5.02. The van der Waals surface area contributed by atoms with Gasteiger partial charge in [0.2, 0.25) is 0 Å². The van der Waals surface area contributed by atoms with Crippen molar-refractivity contribution in [3.63, 3.8) is 0 Å². The Hall–Kier alpha value is -2.64. The predicted octanol–water partition coefficient (Wildman–Crippen LogP) is 5.26. The molecule has 0 saturated carbocycles. The Morgan fingerprint density at radius 1 is 1.19 bits per heavy atom. The molecule has 152 valence electrons. The van der Waals surface area contributed by atoms with Crippen molar-refractivity contribution in [2.75, 3.05) is 7.05 Å². The monoisotopic (exact) mass is 425 g/mol. The summed E-state index contributed by atoms with van der Waals surface area (Å²) in [7, 11) is -9.37. The van der Waals surface area contributed by atoms with Gasteiger partial charge < -0.3 is 5.11 Å². The number of alkyl halides is 3.